The summed E-state index contributed by atoms with van der Waals surface area (Å²) in [6, 6.07) is 0. The molecule has 1 aliphatic heterocycles. The van der Waals surface area contributed by atoms with E-state index in [0.29, 0.717) is 17.0 Å². The van der Waals surface area contributed by atoms with Gasteiger partial charge in [0.1, 0.15) is 11.2 Å². The molecular formula is C7H8N2O2S. The maximum atomic E-state index is 11.4. The van der Waals surface area contributed by atoms with Gasteiger partial charge >= 0.3 is 0 Å². The van der Waals surface area contributed by atoms with Gasteiger partial charge < -0.3 is 0 Å². The summed E-state index contributed by atoms with van der Waals surface area (Å²) in [6.07, 6.45) is 4.19. The maximum Gasteiger partial charge on any atom is 0.181 e. The SMILES string of the molecule is O=S1(=O)CCCc2ncncc21. The molecule has 0 atom stereocenters. The zero-order chi connectivity index (χ0) is 8.60. The Labute approximate surface area is 70.6 Å². The van der Waals surface area contributed by atoms with E-state index in [0.717, 1.165) is 6.42 Å². The average Bonchev–Trinajstić information content (AvgIpc) is 2.04. The highest BCUT2D eigenvalue weighted by Gasteiger charge is 2.24. The molecule has 0 saturated heterocycles. The Morgan fingerprint density at radius 2 is 2.25 bits per heavy atom. The Balaban J connectivity index is 2.67. The molecule has 1 aromatic rings. The summed E-state index contributed by atoms with van der Waals surface area (Å²) in [5.41, 5.74) is 0.663. The van der Waals surface area contributed by atoms with E-state index in [1.54, 1.807) is 0 Å². The molecule has 12 heavy (non-hydrogen) atoms. The van der Waals surface area contributed by atoms with Gasteiger partial charge in [0.25, 0.3) is 0 Å². The molecule has 1 aliphatic rings. The Kier molecular flexibility index (Phi) is 1.61. The van der Waals surface area contributed by atoms with Crippen molar-refractivity contribution in [2.45, 2.75) is 17.7 Å². The highest BCUT2D eigenvalue weighted by atomic mass is 32.2. The zero-order valence-corrected chi connectivity index (χ0v) is 7.21. The number of hydrogen-bond acceptors (Lipinski definition) is 4. The molecule has 0 saturated carbocycles. The molecule has 64 valence electrons. The monoisotopic (exact) mass is 184 g/mol. The van der Waals surface area contributed by atoms with Crippen LogP contribution in [0.4, 0.5) is 0 Å². The fraction of sp³-hybridized carbons (Fsp3) is 0.429. The lowest BCUT2D eigenvalue weighted by Crippen LogP contribution is -2.17. The van der Waals surface area contributed by atoms with E-state index in [2.05, 4.69) is 9.97 Å². The Hall–Kier alpha value is -0.970. The predicted octanol–water partition coefficient (Wildman–Crippen LogP) is 0.197. The van der Waals surface area contributed by atoms with Gasteiger partial charge in [-0.2, -0.15) is 0 Å². The lowest BCUT2D eigenvalue weighted by Gasteiger charge is -2.13. The van der Waals surface area contributed by atoms with E-state index in [1.165, 1.54) is 12.5 Å². The summed E-state index contributed by atoms with van der Waals surface area (Å²) in [5.74, 6) is 0.230. The van der Waals surface area contributed by atoms with Crippen molar-refractivity contribution in [1.82, 2.24) is 9.97 Å². The molecule has 2 rings (SSSR count). The van der Waals surface area contributed by atoms with Gasteiger partial charge in [0.15, 0.2) is 9.84 Å². The average molecular weight is 184 g/mol. The van der Waals surface area contributed by atoms with E-state index in [1.807, 2.05) is 0 Å². The van der Waals surface area contributed by atoms with Crippen LogP contribution in [0.25, 0.3) is 0 Å². The molecule has 1 aromatic heterocycles. The maximum absolute atomic E-state index is 11.4. The summed E-state index contributed by atoms with van der Waals surface area (Å²) in [7, 11) is -3.07. The number of aryl methyl sites for hydroxylation is 1. The third-order valence-corrected chi connectivity index (χ3v) is 3.76. The van der Waals surface area contributed by atoms with Gasteiger partial charge in [-0.05, 0) is 12.8 Å². The molecule has 5 heteroatoms. The molecule has 0 aromatic carbocycles. The van der Waals surface area contributed by atoms with E-state index in [9.17, 15) is 8.42 Å². The molecule has 0 unspecified atom stereocenters. The molecule has 0 bridgehead atoms. The number of sulfone groups is 1. The molecule has 4 nitrogen and oxygen atoms in total. The van der Waals surface area contributed by atoms with Crippen molar-refractivity contribution >= 4 is 9.84 Å². The number of fused-ring (bicyclic) bond motifs is 1. The normalized spacial score (nSPS) is 20.0. The third-order valence-electron chi connectivity index (χ3n) is 1.92. The highest BCUT2D eigenvalue weighted by Crippen LogP contribution is 2.21. The first-order valence-electron chi connectivity index (χ1n) is 3.72. The van der Waals surface area contributed by atoms with Crippen molar-refractivity contribution in [2.75, 3.05) is 5.75 Å². The molecule has 0 spiro atoms. The lowest BCUT2D eigenvalue weighted by atomic mass is 10.2. The number of nitrogens with zero attached hydrogens (tertiary/aromatic N) is 2. The number of aromatic nitrogens is 2. The first-order chi connectivity index (χ1) is 5.70. The second-order valence-corrected chi connectivity index (χ2v) is 4.83. The number of hydrogen-bond donors (Lipinski definition) is 0. The Bertz CT molecular complexity index is 400. The van der Waals surface area contributed by atoms with Gasteiger partial charge in [-0.15, -0.1) is 0 Å². The van der Waals surface area contributed by atoms with Gasteiger partial charge in [-0.3, -0.25) is 0 Å². The minimum Gasteiger partial charge on any atom is -0.243 e. The minimum atomic E-state index is -3.07. The van der Waals surface area contributed by atoms with Crippen LogP contribution in [-0.2, 0) is 16.3 Å². The summed E-state index contributed by atoms with van der Waals surface area (Å²) in [4.78, 5) is 7.94. The fourth-order valence-corrected chi connectivity index (χ4v) is 2.81. The van der Waals surface area contributed by atoms with Gasteiger partial charge in [0, 0.05) is 6.20 Å². The van der Waals surface area contributed by atoms with Crippen LogP contribution in [-0.4, -0.2) is 24.1 Å². The van der Waals surface area contributed by atoms with E-state index < -0.39 is 9.84 Å². The van der Waals surface area contributed by atoms with Crippen molar-refractivity contribution in [3.8, 4) is 0 Å². The van der Waals surface area contributed by atoms with Crippen LogP contribution in [0.15, 0.2) is 17.4 Å². The predicted molar refractivity (Wildman–Crippen MR) is 42.4 cm³/mol. The van der Waals surface area contributed by atoms with Crippen LogP contribution in [0.3, 0.4) is 0 Å². The molecular weight excluding hydrogens is 176 g/mol. The first-order valence-corrected chi connectivity index (χ1v) is 5.37. The quantitative estimate of drug-likeness (QED) is 0.577. The zero-order valence-electron chi connectivity index (χ0n) is 6.40. The van der Waals surface area contributed by atoms with Crippen LogP contribution < -0.4 is 0 Å². The molecule has 2 heterocycles. The third kappa shape index (κ3) is 1.10. The van der Waals surface area contributed by atoms with Crippen LogP contribution in [0.5, 0.6) is 0 Å². The van der Waals surface area contributed by atoms with Gasteiger partial charge in [0.2, 0.25) is 0 Å². The highest BCUT2D eigenvalue weighted by molar-refractivity contribution is 7.91. The van der Waals surface area contributed by atoms with Crippen molar-refractivity contribution < 1.29 is 8.42 Å². The summed E-state index contributed by atoms with van der Waals surface area (Å²) >= 11 is 0. The minimum absolute atomic E-state index is 0.230. The molecule has 0 fully saturated rings. The Morgan fingerprint density at radius 1 is 1.42 bits per heavy atom. The number of rotatable bonds is 0. The summed E-state index contributed by atoms with van der Waals surface area (Å²) in [6.45, 7) is 0. The standard InChI is InChI=1S/C7H8N2O2S/c10-12(11)3-1-2-6-7(12)4-8-5-9-6/h4-5H,1-3H2. The van der Waals surface area contributed by atoms with Crippen molar-refractivity contribution in [1.29, 1.82) is 0 Å². The summed E-state index contributed by atoms with van der Waals surface area (Å²) < 4.78 is 22.8. The van der Waals surface area contributed by atoms with E-state index >= 15 is 0 Å². The molecule has 0 N–H and O–H groups in total. The van der Waals surface area contributed by atoms with Crippen LogP contribution in [0.1, 0.15) is 12.1 Å². The van der Waals surface area contributed by atoms with Gasteiger partial charge in [-0.25, -0.2) is 18.4 Å². The molecule has 0 aliphatic carbocycles. The topological polar surface area (TPSA) is 59.9 Å². The Morgan fingerprint density at radius 3 is 3.00 bits per heavy atom. The smallest absolute Gasteiger partial charge is 0.181 e. The van der Waals surface area contributed by atoms with Gasteiger partial charge in [-0.1, -0.05) is 0 Å². The lowest BCUT2D eigenvalue weighted by molar-refractivity contribution is 0.583. The molecule has 0 amide bonds. The second kappa shape index (κ2) is 2.52. The fourth-order valence-electron chi connectivity index (χ4n) is 1.33. The van der Waals surface area contributed by atoms with Crippen molar-refractivity contribution in [3.05, 3.63) is 18.2 Å². The first kappa shape index (κ1) is 7.67. The summed E-state index contributed by atoms with van der Waals surface area (Å²) in [5, 5.41) is 0. The van der Waals surface area contributed by atoms with Crippen LogP contribution in [0, 0.1) is 0 Å². The largest absolute Gasteiger partial charge is 0.243 e. The van der Waals surface area contributed by atoms with E-state index in [-0.39, 0.29) is 5.75 Å². The van der Waals surface area contributed by atoms with Crippen molar-refractivity contribution in [3.63, 3.8) is 0 Å². The second-order valence-electron chi connectivity index (χ2n) is 2.76. The van der Waals surface area contributed by atoms with Gasteiger partial charge in [0.05, 0.1) is 11.4 Å². The van der Waals surface area contributed by atoms with Crippen LogP contribution >= 0.6 is 0 Å². The van der Waals surface area contributed by atoms with Crippen LogP contribution in [0.2, 0.25) is 0 Å². The molecule has 0 radical (unpaired) electrons. The van der Waals surface area contributed by atoms with E-state index in [4.69, 9.17) is 0 Å². The van der Waals surface area contributed by atoms with Crippen molar-refractivity contribution in [2.24, 2.45) is 0 Å².